The third-order valence-electron chi connectivity index (χ3n) is 4.09. The summed E-state index contributed by atoms with van der Waals surface area (Å²) in [6.07, 6.45) is 6.69. The lowest BCUT2D eigenvalue weighted by Gasteiger charge is -2.21. The van der Waals surface area contributed by atoms with Crippen LogP contribution in [0.2, 0.25) is 0 Å². The zero-order valence-corrected chi connectivity index (χ0v) is 10.9. The highest BCUT2D eigenvalue weighted by Crippen LogP contribution is 2.28. The number of amides is 1. The average Bonchev–Trinajstić information content (AvgIpc) is 2.81. The number of likely N-dealkylation sites (tertiary alicyclic amines) is 1. The Balaban J connectivity index is 1.89. The van der Waals surface area contributed by atoms with Crippen molar-refractivity contribution in [3.8, 4) is 0 Å². The van der Waals surface area contributed by atoms with Crippen LogP contribution < -0.4 is 0 Å². The molecule has 2 aliphatic rings. The molecule has 1 N–H and O–H groups in total. The highest BCUT2D eigenvalue weighted by molar-refractivity contribution is 5.89. The lowest BCUT2D eigenvalue weighted by Crippen LogP contribution is -2.28. The average molecular weight is 251 g/mol. The first-order valence-electron chi connectivity index (χ1n) is 6.77. The van der Waals surface area contributed by atoms with E-state index in [1.165, 1.54) is 5.57 Å². The number of nitrogens with zero attached hydrogens (tertiary/aromatic N) is 1. The van der Waals surface area contributed by atoms with Crippen molar-refractivity contribution in [3.63, 3.8) is 0 Å². The number of hydrogen-bond donors (Lipinski definition) is 1. The molecule has 1 aliphatic carbocycles. The number of rotatable bonds is 2. The second kappa shape index (κ2) is 5.55. The molecular formula is C14H21NO3. The molecule has 1 unspecified atom stereocenters. The Hall–Kier alpha value is -1.32. The van der Waals surface area contributed by atoms with E-state index in [1.807, 2.05) is 0 Å². The number of allylic oxidation sites excluding steroid dienone is 1. The van der Waals surface area contributed by atoms with E-state index in [1.54, 1.807) is 11.0 Å². The number of hydrogen-bond acceptors (Lipinski definition) is 2. The van der Waals surface area contributed by atoms with Crippen molar-refractivity contribution < 1.29 is 14.7 Å². The summed E-state index contributed by atoms with van der Waals surface area (Å²) in [5.41, 5.74) is 1.23. The molecule has 4 nitrogen and oxygen atoms in total. The molecule has 100 valence electrons. The summed E-state index contributed by atoms with van der Waals surface area (Å²) >= 11 is 0. The van der Waals surface area contributed by atoms with Crippen molar-refractivity contribution in [2.45, 2.75) is 39.0 Å². The van der Waals surface area contributed by atoms with Crippen LogP contribution in [0.25, 0.3) is 0 Å². The van der Waals surface area contributed by atoms with E-state index < -0.39 is 5.97 Å². The molecular weight excluding hydrogens is 230 g/mol. The summed E-state index contributed by atoms with van der Waals surface area (Å²) in [5, 5.41) is 8.91. The largest absolute Gasteiger partial charge is 0.481 e. The third-order valence-corrected chi connectivity index (χ3v) is 4.09. The van der Waals surface area contributed by atoms with E-state index in [-0.39, 0.29) is 11.8 Å². The maximum absolute atomic E-state index is 12.0. The second-order valence-electron chi connectivity index (χ2n) is 5.59. The predicted octanol–water partition coefficient (Wildman–Crippen LogP) is 2.06. The molecule has 18 heavy (non-hydrogen) atoms. The van der Waals surface area contributed by atoms with Gasteiger partial charge in [-0.25, -0.2) is 0 Å². The van der Waals surface area contributed by atoms with E-state index in [0.717, 1.165) is 31.6 Å². The summed E-state index contributed by atoms with van der Waals surface area (Å²) in [5.74, 6) is -0.396. The smallest absolute Gasteiger partial charge is 0.308 e. The first kappa shape index (κ1) is 13.1. The minimum Gasteiger partial charge on any atom is -0.481 e. The Morgan fingerprint density at radius 3 is 2.50 bits per heavy atom. The van der Waals surface area contributed by atoms with Gasteiger partial charge in [0.25, 0.3) is 0 Å². The van der Waals surface area contributed by atoms with Gasteiger partial charge in [0.15, 0.2) is 0 Å². The van der Waals surface area contributed by atoms with Crippen LogP contribution in [-0.2, 0) is 9.59 Å². The normalized spacial score (nSPS) is 28.3. The predicted molar refractivity (Wildman–Crippen MR) is 68.0 cm³/mol. The molecule has 0 radical (unpaired) electrons. The van der Waals surface area contributed by atoms with E-state index in [9.17, 15) is 9.59 Å². The highest BCUT2D eigenvalue weighted by Gasteiger charge is 2.30. The van der Waals surface area contributed by atoms with Crippen molar-refractivity contribution in [2.75, 3.05) is 13.1 Å². The molecule has 0 spiro atoms. The third kappa shape index (κ3) is 3.12. The van der Waals surface area contributed by atoms with Crippen LogP contribution in [0.3, 0.4) is 0 Å². The summed E-state index contributed by atoms with van der Waals surface area (Å²) in [6.45, 7) is 3.20. The first-order chi connectivity index (χ1) is 8.56. The Morgan fingerprint density at radius 1 is 1.28 bits per heavy atom. The van der Waals surface area contributed by atoms with Gasteiger partial charge in [0, 0.05) is 19.2 Å². The molecule has 0 aromatic rings. The lowest BCUT2D eigenvalue weighted by molar-refractivity contribution is -0.141. The van der Waals surface area contributed by atoms with Crippen molar-refractivity contribution in [1.82, 2.24) is 4.90 Å². The molecule has 2 rings (SSSR count). The fourth-order valence-electron chi connectivity index (χ4n) is 2.71. The zero-order valence-electron chi connectivity index (χ0n) is 10.9. The van der Waals surface area contributed by atoms with E-state index in [0.29, 0.717) is 19.5 Å². The monoisotopic (exact) mass is 251 g/mol. The van der Waals surface area contributed by atoms with Crippen LogP contribution in [0.5, 0.6) is 0 Å². The van der Waals surface area contributed by atoms with Crippen molar-refractivity contribution in [1.29, 1.82) is 0 Å². The van der Waals surface area contributed by atoms with Gasteiger partial charge in [-0.2, -0.15) is 0 Å². The van der Waals surface area contributed by atoms with Crippen LogP contribution in [-0.4, -0.2) is 35.0 Å². The maximum atomic E-state index is 12.0. The summed E-state index contributed by atoms with van der Waals surface area (Å²) in [6, 6.07) is 0. The summed E-state index contributed by atoms with van der Waals surface area (Å²) in [4.78, 5) is 24.5. The molecule has 2 fully saturated rings. The van der Waals surface area contributed by atoms with Gasteiger partial charge in [0.05, 0.1) is 5.92 Å². The number of carbonyl (C=O) groups excluding carboxylic acids is 1. The van der Waals surface area contributed by atoms with E-state index in [4.69, 9.17) is 5.11 Å². The molecule has 0 bridgehead atoms. The number of carboxylic acids is 1. The van der Waals surface area contributed by atoms with Crippen molar-refractivity contribution >= 4 is 11.9 Å². The Kier molecular flexibility index (Phi) is 4.04. The van der Waals surface area contributed by atoms with E-state index >= 15 is 0 Å². The topological polar surface area (TPSA) is 57.6 Å². The quantitative estimate of drug-likeness (QED) is 0.764. The second-order valence-corrected chi connectivity index (χ2v) is 5.59. The van der Waals surface area contributed by atoms with Crippen molar-refractivity contribution in [2.24, 2.45) is 11.8 Å². The van der Waals surface area contributed by atoms with Crippen LogP contribution in [0, 0.1) is 11.8 Å². The fraction of sp³-hybridized carbons (Fsp3) is 0.714. The molecule has 4 heteroatoms. The Bertz CT molecular complexity index is 365. The summed E-state index contributed by atoms with van der Waals surface area (Å²) in [7, 11) is 0. The standard InChI is InChI=1S/C14H21NO3/c1-10-2-4-11(5-3-10)8-13(16)15-7-6-12(9-15)14(17)18/h8,10,12H,2-7,9H2,1H3,(H,17,18). The van der Waals surface area contributed by atoms with Crippen LogP contribution in [0.15, 0.2) is 11.6 Å². The van der Waals surface area contributed by atoms with Gasteiger partial charge >= 0.3 is 5.97 Å². The molecule has 0 aromatic heterocycles. The number of aliphatic carboxylic acids is 1. The molecule has 1 saturated carbocycles. The van der Waals surface area contributed by atoms with Gasteiger partial charge in [0.1, 0.15) is 0 Å². The Morgan fingerprint density at radius 2 is 1.94 bits per heavy atom. The van der Waals surface area contributed by atoms with Gasteiger partial charge < -0.3 is 10.0 Å². The van der Waals surface area contributed by atoms with E-state index in [2.05, 4.69) is 6.92 Å². The van der Waals surface area contributed by atoms with Gasteiger partial charge in [-0.05, 0) is 38.0 Å². The van der Waals surface area contributed by atoms with Gasteiger partial charge in [-0.3, -0.25) is 9.59 Å². The van der Waals surface area contributed by atoms with Crippen molar-refractivity contribution in [3.05, 3.63) is 11.6 Å². The number of carboxylic acid groups (broad SMARTS) is 1. The SMILES string of the molecule is CC1CCC(=CC(=O)N2CCC(C(=O)O)C2)CC1. The minimum absolute atomic E-state index is 0.00306. The minimum atomic E-state index is -0.788. The van der Waals surface area contributed by atoms with Gasteiger partial charge in [0.2, 0.25) is 5.91 Å². The van der Waals surface area contributed by atoms with Gasteiger partial charge in [-0.15, -0.1) is 0 Å². The summed E-state index contributed by atoms with van der Waals surface area (Å²) < 4.78 is 0. The molecule has 1 saturated heterocycles. The zero-order chi connectivity index (χ0) is 13.1. The highest BCUT2D eigenvalue weighted by atomic mass is 16.4. The molecule has 0 aromatic carbocycles. The molecule has 1 amide bonds. The fourth-order valence-corrected chi connectivity index (χ4v) is 2.71. The van der Waals surface area contributed by atoms with Crippen LogP contribution >= 0.6 is 0 Å². The Labute approximate surface area is 108 Å². The molecule has 1 aliphatic heterocycles. The van der Waals surface area contributed by atoms with Crippen LogP contribution in [0.4, 0.5) is 0 Å². The molecule has 1 atom stereocenters. The number of carbonyl (C=O) groups is 2. The maximum Gasteiger partial charge on any atom is 0.308 e. The van der Waals surface area contributed by atoms with Gasteiger partial charge in [-0.1, -0.05) is 12.5 Å². The lowest BCUT2D eigenvalue weighted by atomic mass is 9.87. The molecule has 1 heterocycles. The first-order valence-corrected chi connectivity index (χ1v) is 6.77. The van der Waals surface area contributed by atoms with Crippen LogP contribution in [0.1, 0.15) is 39.0 Å².